The van der Waals surface area contributed by atoms with E-state index < -0.39 is 0 Å². The monoisotopic (exact) mass is 434 g/mol. The molecule has 3 aromatic carbocycles. The van der Waals surface area contributed by atoms with Crippen LogP contribution >= 0.6 is 22.9 Å². The van der Waals surface area contributed by atoms with Crippen molar-refractivity contribution in [2.45, 2.75) is 13.0 Å². The van der Waals surface area contributed by atoms with E-state index in [0.717, 1.165) is 16.0 Å². The molecule has 30 heavy (non-hydrogen) atoms. The van der Waals surface area contributed by atoms with E-state index in [-0.39, 0.29) is 5.91 Å². The lowest BCUT2D eigenvalue weighted by molar-refractivity contribution is 0.102. The van der Waals surface area contributed by atoms with Gasteiger partial charge in [-0.25, -0.2) is 4.98 Å². The minimum atomic E-state index is -0.248. The molecule has 0 aliphatic heterocycles. The lowest BCUT2D eigenvalue weighted by Crippen LogP contribution is -2.13. The van der Waals surface area contributed by atoms with Crippen molar-refractivity contribution in [2.24, 2.45) is 0 Å². The number of aromatic nitrogens is 1. The average Bonchev–Trinajstić information content (AvgIpc) is 3.20. The van der Waals surface area contributed by atoms with E-state index in [4.69, 9.17) is 16.3 Å². The molecule has 0 aliphatic carbocycles. The number of carbonyl (C=O) groups excluding carboxylic acids is 1. The van der Waals surface area contributed by atoms with Gasteiger partial charge in [0.15, 0.2) is 5.13 Å². The number of nitrogens with zero attached hydrogens (tertiary/aromatic N) is 1. The van der Waals surface area contributed by atoms with Crippen LogP contribution in [0, 0.1) is 0 Å². The first-order valence-electron chi connectivity index (χ1n) is 9.43. The van der Waals surface area contributed by atoms with Gasteiger partial charge in [0.1, 0.15) is 12.4 Å². The predicted molar refractivity (Wildman–Crippen MR) is 122 cm³/mol. The first-order valence-corrected chi connectivity index (χ1v) is 10.6. The topological polar surface area (TPSA) is 51.2 Å². The number of halogens is 1. The summed E-state index contributed by atoms with van der Waals surface area (Å²) in [6, 6.07) is 24.8. The molecule has 0 fully saturated rings. The molecule has 0 saturated carbocycles. The van der Waals surface area contributed by atoms with Gasteiger partial charge in [-0.05, 0) is 35.4 Å². The molecule has 6 heteroatoms. The second-order valence-corrected chi connectivity index (χ2v) is 8.21. The number of nitrogens with one attached hydrogen (secondary N) is 1. The molecule has 0 spiro atoms. The molecule has 4 nitrogen and oxygen atoms in total. The quantitative estimate of drug-likeness (QED) is 0.375. The smallest absolute Gasteiger partial charge is 0.261 e. The Labute approximate surface area is 184 Å². The molecular formula is C24H19ClN2O2S. The lowest BCUT2D eigenvalue weighted by Gasteiger charge is -2.11. The molecule has 1 aromatic heterocycles. The van der Waals surface area contributed by atoms with Crippen LogP contribution < -0.4 is 10.1 Å². The molecule has 1 amide bonds. The van der Waals surface area contributed by atoms with Crippen LogP contribution in [0.3, 0.4) is 0 Å². The maximum atomic E-state index is 12.8. The summed E-state index contributed by atoms with van der Waals surface area (Å²) in [5.74, 6) is 0.289. The highest BCUT2D eigenvalue weighted by Gasteiger charge is 2.14. The SMILES string of the molecule is O=C(Nc1ncc(Cc2cccc(Cl)c2)s1)c1ccccc1OCc1ccccc1. The fraction of sp³-hybridized carbons (Fsp3) is 0.0833. The molecule has 0 radical (unpaired) electrons. The van der Waals surface area contributed by atoms with Crippen molar-refractivity contribution in [3.8, 4) is 5.75 Å². The van der Waals surface area contributed by atoms with Crippen LogP contribution in [0.5, 0.6) is 5.75 Å². The van der Waals surface area contributed by atoms with Crippen LogP contribution in [-0.2, 0) is 13.0 Å². The van der Waals surface area contributed by atoms with Gasteiger partial charge < -0.3 is 4.74 Å². The number of para-hydroxylation sites is 1. The average molecular weight is 435 g/mol. The number of benzene rings is 3. The zero-order chi connectivity index (χ0) is 20.8. The number of amides is 1. The van der Waals surface area contributed by atoms with Crippen LogP contribution in [0.2, 0.25) is 5.02 Å². The summed E-state index contributed by atoms with van der Waals surface area (Å²) in [7, 11) is 0. The summed E-state index contributed by atoms with van der Waals surface area (Å²) >= 11 is 7.50. The number of hydrogen-bond acceptors (Lipinski definition) is 4. The van der Waals surface area contributed by atoms with E-state index in [1.165, 1.54) is 11.3 Å². The highest BCUT2D eigenvalue weighted by atomic mass is 35.5. The van der Waals surface area contributed by atoms with Crippen molar-refractivity contribution < 1.29 is 9.53 Å². The van der Waals surface area contributed by atoms with Gasteiger partial charge in [-0.15, -0.1) is 11.3 Å². The minimum Gasteiger partial charge on any atom is -0.488 e. The van der Waals surface area contributed by atoms with E-state index in [1.54, 1.807) is 18.3 Å². The molecule has 4 rings (SSSR count). The fourth-order valence-electron chi connectivity index (χ4n) is 2.97. The molecule has 1 heterocycles. The summed E-state index contributed by atoms with van der Waals surface area (Å²) in [5, 5.41) is 4.13. The first kappa shape index (κ1) is 20.1. The number of hydrogen-bond donors (Lipinski definition) is 1. The molecule has 1 N–H and O–H groups in total. The van der Waals surface area contributed by atoms with Gasteiger partial charge in [-0.1, -0.05) is 66.2 Å². The van der Waals surface area contributed by atoms with E-state index in [2.05, 4.69) is 10.3 Å². The number of carbonyl (C=O) groups is 1. The lowest BCUT2D eigenvalue weighted by atomic mass is 10.1. The molecule has 0 bridgehead atoms. The third-order valence-corrected chi connectivity index (χ3v) is 5.56. The van der Waals surface area contributed by atoms with Gasteiger partial charge in [-0.2, -0.15) is 0 Å². The molecule has 0 saturated heterocycles. The van der Waals surface area contributed by atoms with Crippen LogP contribution in [0.25, 0.3) is 0 Å². The Kier molecular flexibility index (Phi) is 6.42. The van der Waals surface area contributed by atoms with Crippen LogP contribution in [0.15, 0.2) is 85.1 Å². The van der Waals surface area contributed by atoms with Gasteiger partial charge in [0, 0.05) is 22.5 Å². The number of thiazole rings is 1. The minimum absolute atomic E-state index is 0.248. The zero-order valence-corrected chi connectivity index (χ0v) is 17.6. The van der Waals surface area contributed by atoms with Crippen molar-refractivity contribution in [1.82, 2.24) is 4.98 Å². The predicted octanol–water partition coefficient (Wildman–Crippen LogP) is 6.22. The highest BCUT2D eigenvalue weighted by Crippen LogP contribution is 2.25. The summed E-state index contributed by atoms with van der Waals surface area (Å²) in [6.07, 6.45) is 2.49. The van der Waals surface area contributed by atoms with Crippen LogP contribution in [-0.4, -0.2) is 10.9 Å². The van der Waals surface area contributed by atoms with E-state index >= 15 is 0 Å². The summed E-state index contributed by atoms with van der Waals surface area (Å²) in [6.45, 7) is 0.395. The number of anilines is 1. The van der Waals surface area contributed by atoms with Crippen molar-refractivity contribution in [3.63, 3.8) is 0 Å². The zero-order valence-electron chi connectivity index (χ0n) is 16.0. The van der Waals surface area contributed by atoms with Gasteiger partial charge in [-0.3, -0.25) is 10.1 Å². The second-order valence-electron chi connectivity index (χ2n) is 6.66. The second kappa shape index (κ2) is 9.57. The van der Waals surface area contributed by atoms with Crippen molar-refractivity contribution in [2.75, 3.05) is 5.32 Å². The standard InChI is InChI=1S/C24H19ClN2O2S/c25-19-10-6-9-18(13-19)14-20-15-26-24(30-20)27-23(28)21-11-4-5-12-22(21)29-16-17-7-2-1-3-8-17/h1-13,15H,14,16H2,(H,26,27,28). The van der Waals surface area contributed by atoms with Gasteiger partial charge in [0.05, 0.1) is 5.56 Å². The Hall–Kier alpha value is -3.15. The summed E-state index contributed by atoms with van der Waals surface area (Å²) in [5.41, 5.74) is 2.61. The van der Waals surface area contributed by atoms with E-state index in [1.807, 2.05) is 66.7 Å². The fourth-order valence-corrected chi connectivity index (χ4v) is 4.03. The molecule has 150 valence electrons. The molecule has 0 aliphatic rings. The molecule has 4 aromatic rings. The maximum absolute atomic E-state index is 12.8. The van der Waals surface area contributed by atoms with E-state index in [9.17, 15) is 4.79 Å². The maximum Gasteiger partial charge on any atom is 0.261 e. The molecular weight excluding hydrogens is 416 g/mol. The Morgan fingerprint density at radius 3 is 2.57 bits per heavy atom. The van der Waals surface area contributed by atoms with Crippen molar-refractivity contribution >= 4 is 34.0 Å². The van der Waals surface area contributed by atoms with E-state index in [0.29, 0.717) is 34.5 Å². The molecule has 0 unspecified atom stereocenters. The normalized spacial score (nSPS) is 10.6. The number of rotatable bonds is 7. The number of ether oxygens (including phenoxy) is 1. The third kappa shape index (κ3) is 5.26. The Morgan fingerprint density at radius 2 is 1.73 bits per heavy atom. The molecule has 0 atom stereocenters. The van der Waals surface area contributed by atoms with Crippen molar-refractivity contribution in [3.05, 3.63) is 112 Å². The van der Waals surface area contributed by atoms with Crippen LogP contribution in [0.4, 0.5) is 5.13 Å². The Morgan fingerprint density at radius 1 is 0.967 bits per heavy atom. The third-order valence-electron chi connectivity index (χ3n) is 4.41. The summed E-state index contributed by atoms with van der Waals surface area (Å²) in [4.78, 5) is 18.2. The Bertz CT molecular complexity index is 1140. The van der Waals surface area contributed by atoms with Gasteiger partial charge in [0.2, 0.25) is 0 Å². The first-order chi connectivity index (χ1) is 14.7. The summed E-state index contributed by atoms with van der Waals surface area (Å²) < 4.78 is 5.89. The largest absolute Gasteiger partial charge is 0.488 e. The van der Waals surface area contributed by atoms with Gasteiger partial charge in [0.25, 0.3) is 5.91 Å². The van der Waals surface area contributed by atoms with Crippen molar-refractivity contribution in [1.29, 1.82) is 0 Å². The Balaban J connectivity index is 1.42. The van der Waals surface area contributed by atoms with Crippen LogP contribution in [0.1, 0.15) is 26.4 Å². The van der Waals surface area contributed by atoms with Gasteiger partial charge >= 0.3 is 0 Å². The highest BCUT2D eigenvalue weighted by molar-refractivity contribution is 7.15.